The van der Waals surface area contributed by atoms with Gasteiger partial charge in [-0.1, -0.05) is 6.07 Å². The fraction of sp³-hybridized carbons (Fsp3) is 0.714. The van der Waals surface area contributed by atoms with E-state index in [4.69, 9.17) is 4.74 Å². The van der Waals surface area contributed by atoms with Crippen molar-refractivity contribution < 1.29 is 13.2 Å². The molecular formula is C14H22N2O3S2. The minimum Gasteiger partial charge on any atom is -0.379 e. The van der Waals surface area contributed by atoms with Crippen LogP contribution in [0.1, 0.15) is 11.3 Å². The zero-order valence-corrected chi connectivity index (χ0v) is 14.0. The molecule has 2 aliphatic heterocycles. The van der Waals surface area contributed by atoms with Gasteiger partial charge in [0.1, 0.15) is 0 Å². The van der Waals surface area contributed by atoms with E-state index in [9.17, 15) is 8.42 Å². The number of thiophene rings is 1. The van der Waals surface area contributed by atoms with Gasteiger partial charge in [0, 0.05) is 31.1 Å². The Morgan fingerprint density at radius 2 is 2.29 bits per heavy atom. The van der Waals surface area contributed by atoms with Crippen molar-refractivity contribution in [3.8, 4) is 0 Å². The lowest BCUT2D eigenvalue weighted by atomic mass is 9.95. The Bertz CT molecular complexity index is 565. The first-order valence-electron chi connectivity index (χ1n) is 7.31. The Morgan fingerprint density at radius 1 is 1.43 bits per heavy atom. The van der Waals surface area contributed by atoms with Crippen LogP contribution in [0, 0.1) is 0 Å². The molecule has 1 spiro atoms. The monoisotopic (exact) mass is 330 g/mol. The van der Waals surface area contributed by atoms with Crippen LogP contribution >= 0.6 is 11.3 Å². The maximum Gasteiger partial charge on any atom is 0.214 e. The van der Waals surface area contributed by atoms with E-state index in [1.165, 1.54) is 0 Å². The van der Waals surface area contributed by atoms with Gasteiger partial charge in [-0.25, -0.2) is 8.42 Å². The molecule has 118 valence electrons. The standard InChI is InChI=1S/C14H22N2O3S2/c1-15-6-7-16(11-14(15)5-8-19-12-14)21(17,18)10-4-13-3-2-9-20-13/h2-3,9H,4-8,10-12H2,1H3. The summed E-state index contributed by atoms with van der Waals surface area (Å²) in [6.07, 6.45) is 1.52. The third-order valence-electron chi connectivity index (χ3n) is 4.63. The largest absolute Gasteiger partial charge is 0.379 e. The predicted molar refractivity (Wildman–Crippen MR) is 84.2 cm³/mol. The topological polar surface area (TPSA) is 49.9 Å². The number of ether oxygens (including phenoxy) is 1. The van der Waals surface area contributed by atoms with Crippen LogP contribution in [0.3, 0.4) is 0 Å². The summed E-state index contributed by atoms with van der Waals surface area (Å²) >= 11 is 1.62. The van der Waals surface area contributed by atoms with Crippen molar-refractivity contribution in [2.75, 3.05) is 45.6 Å². The van der Waals surface area contributed by atoms with Crippen LogP contribution in [0.15, 0.2) is 17.5 Å². The highest BCUT2D eigenvalue weighted by Crippen LogP contribution is 2.30. The van der Waals surface area contributed by atoms with Gasteiger partial charge in [0.25, 0.3) is 0 Å². The lowest BCUT2D eigenvalue weighted by Gasteiger charge is -2.45. The molecule has 0 bridgehead atoms. The van der Waals surface area contributed by atoms with E-state index in [0.717, 1.165) is 24.4 Å². The van der Waals surface area contributed by atoms with E-state index in [1.807, 2.05) is 17.5 Å². The van der Waals surface area contributed by atoms with Gasteiger partial charge in [0.2, 0.25) is 10.0 Å². The van der Waals surface area contributed by atoms with Gasteiger partial charge < -0.3 is 4.74 Å². The van der Waals surface area contributed by atoms with Crippen LogP contribution in [0.2, 0.25) is 0 Å². The predicted octanol–water partition coefficient (Wildman–Crippen LogP) is 1.03. The molecule has 0 radical (unpaired) electrons. The van der Waals surface area contributed by atoms with Crippen LogP contribution in [-0.2, 0) is 21.2 Å². The van der Waals surface area contributed by atoms with E-state index in [0.29, 0.717) is 26.1 Å². The molecule has 1 aromatic heterocycles. The number of likely N-dealkylation sites (N-methyl/N-ethyl adjacent to an activating group) is 1. The molecular weight excluding hydrogens is 308 g/mol. The molecule has 1 atom stereocenters. The highest BCUT2D eigenvalue weighted by Gasteiger charge is 2.45. The molecule has 7 heteroatoms. The number of rotatable bonds is 4. The number of hydrogen-bond acceptors (Lipinski definition) is 5. The fourth-order valence-corrected chi connectivity index (χ4v) is 5.47. The van der Waals surface area contributed by atoms with E-state index < -0.39 is 10.0 Å². The van der Waals surface area contributed by atoms with E-state index in [2.05, 4.69) is 11.9 Å². The zero-order chi connectivity index (χ0) is 14.9. The Kier molecular flexibility index (Phi) is 4.38. The Balaban J connectivity index is 1.67. The van der Waals surface area contributed by atoms with Crippen molar-refractivity contribution in [2.45, 2.75) is 18.4 Å². The van der Waals surface area contributed by atoms with Gasteiger partial charge in [-0.05, 0) is 31.3 Å². The second kappa shape index (κ2) is 5.96. The molecule has 1 unspecified atom stereocenters. The molecule has 2 fully saturated rings. The van der Waals surface area contributed by atoms with E-state index in [1.54, 1.807) is 15.6 Å². The van der Waals surface area contributed by atoms with Crippen molar-refractivity contribution in [3.05, 3.63) is 22.4 Å². The third-order valence-corrected chi connectivity index (χ3v) is 7.38. The van der Waals surface area contributed by atoms with Crippen molar-refractivity contribution in [2.24, 2.45) is 0 Å². The number of hydrogen-bond donors (Lipinski definition) is 0. The van der Waals surface area contributed by atoms with Crippen molar-refractivity contribution in [1.29, 1.82) is 0 Å². The second-order valence-electron chi connectivity index (χ2n) is 5.93. The van der Waals surface area contributed by atoms with Crippen molar-refractivity contribution in [3.63, 3.8) is 0 Å². The van der Waals surface area contributed by atoms with Gasteiger partial charge in [0.15, 0.2) is 0 Å². The van der Waals surface area contributed by atoms with Gasteiger partial charge >= 0.3 is 0 Å². The molecule has 0 saturated carbocycles. The summed E-state index contributed by atoms with van der Waals surface area (Å²) in [7, 11) is -1.11. The first-order chi connectivity index (χ1) is 10.0. The van der Waals surface area contributed by atoms with Gasteiger partial charge in [-0.2, -0.15) is 4.31 Å². The lowest BCUT2D eigenvalue weighted by molar-refractivity contribution is 0.0375. The quantitative estimate of drug-likeness (QED) is 0.827. The Hall–Kier alpha value is -0.470. The van der Waals surface area contributed by atoms with E-state index >= 15 is 0 Å². The molecule has 0 amide bonds. The maximum atomic E-state index is 12.6. The van der Waals surface area contributed by atoms with Gasteiger partial charge in [-0.3, -0.25) is 4.90 Å². The molecule has 1 aromatic rings. The van der Waals surface area contributed by atoms with Crippen LogP contribution in [0.4, 0.5) is 0 Å². The molecule has 2 saturated heterocycles. The molecule has 0 aromatic carbocycles. The van der Waals surface area contributed by atoms with E-state index in [-0.39, 0.29) is 11.3 Å². The molecule has 3 heterocycles. The zero-order valence-electron chi connectivity index (χ0n) is 12.3. The summed E-state index contributed by atoms with van der Waals surface area (Å²) in [5.74, 6) is 0.203. The highest BCUT2D eigenvalue weighted by molar-refractivity contribution is 7.89. The van der Waals surface area contributed by atoms with Gasteiger partial charge in [-0.15, -0.1) is 11.3 Å². The molecule has 0 N–H and O–H groups in total. The number of sulfonamides is 1. The average Bonchev–Trinajstić information content (AvgIpc) is 3.12. The summed E-state index contributed by atoms with van der Waals surface area (Å²) in [5.41, 5.74) is -0.117. The normalized spacial score (nSPS) is 28.4. The van der Waals surface area contributed by atoms with Gasteiger partial charge in [0.05, 0.1) is 17.9 Å². The molecule has 2 aliphatic rings. The summed E-state index contributed by atoms with van der Waals surface area (Å²) in [5, 5.41) is 1.99. The Morgan fingerprint density at radius 3 is 2.95 bits per heavy atom. The first kappa shape index (κ1) is 15.4. The van der Waals surface area contributed by atoms with Crippen LogP contribution in [-0.4, -0.2) is 68.8 Å². The maximum absolute atomic E-state index is 12.6. The van der Waals surface area contributed by atoms with Crippen molar-refractivity contribution in [1.82, 2.24) is 9.21 Å². The van der Waals surface area contributed by atoms with Crippen LogP contribution in [0.25, 0.3) is 0 Å². The Labute approximate surface area is 130 Å². The third kappa shape index (κ3) is 3.17. The highest BCUT2D eigenvalue weighted by atomic mass is 32.2. The minimum atomic E-state index is -3.19. The molecule has 0 aliphatic carbocycles. The minimum absolute atomic E-state index is 0.117. The summed E-state index contributed by atoms with van der Waals surface area (Å²) in [6.45, 7) is 3.30. The summed E-state index contributed by atoms with van der Waals surface area (Å²) in [4.78, 5) is 3.40. The molecule has 3 rings (SSSR count). The number of nitrogens with zero attached hydrogens (tertiary/aromatic N) is 2. The number of aryl methyl sites for hydroxylation is 1. The van der Waals surface area contributed by atoms with Crippen LogP contribution < -0.4 is 0 Å². The second-order valence-corrected chi connectivity index (χ2v) is 9.05. The smallest absolute Gasteiger partial charge is 0.214 e. The molecule has 5 nitrogen and oxygen atoms in total. The van der Waals surface area contributed by atoms with Crippen molar-refractivity contribution >= 4 is 21.4 Å². The van der Waals surface area contributed by atoms with Crippen LogP contribution in [0.5, 0.6) is 0 Å². The number of piperazine rings is 1. The summed E-state index contributed by atoms with van der Waals surface area (Å²) in [6, 6.07) is 3.96. The molecule has 21 heavy (non-hydrogen) atoms. The first-order valence-corrected chi connectivity index (χ1v) is 9.80. The lowest BCUT2D eigenvalue weighted by Crippen LogP contribution is -2.62. The average molecular weight is 330 g/mol. The summed E-state index contributed by atoms with van der Waals surface area (Å²) < 4.78 is 32.4. The fourth-order valence-electron chi connectivity index (χ4n) is 3.10. The SMILES string of the molecule is CN1CCN(S(=O)(=O)CCc2cccs2)CC12CCOC2.